The third kappa shape index (κ3) is 5.93. The van der Waals surface area contributed by atoms with Crippen molar-refractivity contribution in [2.24, 2.45) is 0 Å². The van der Waals surface area contributed by atoms with Gasteiger partial charge in [0, 0.05) is 40.1 Å². The molecular formula is C10H25O6PSi. The molecule has 0 amide bonds. The van der Waals surface area contributed by atoms with Crippen molar-refractivity contribution in [1.82, 2.24) is 0 Å². The average Bonchev–Trinajstić information content (AvgIpc) is 2.37. The van der Waals surface area contributed by atoms with E-state index in [1.807, 2.05) is 20.8 Å². The fraction of sp³-hybridized carbons (Fsp3) is 1.00. The van der Waals surface area contributed by atoms with E-state index in [-0.39, 0.29) is 6.16 Å². The van der Waals surface area contributed by atoms with Gasteiger partial charge in [-0.15, -0.1) is 0 Å². The highest BCUT2D eigenvalue weighted by molar-refractivity contribution is 7.53. The molecule has 8 heteroatoms. The van der Waals surface area contributed by atoms with Gasteiger partial charge in [0.15, 0.2) is 0 Å². The minimum Gasteiger partial charge on any atom is -0.374 e. The zero-order chi connectivity index (χ0) is 14.1. The molecule has 0 saturated heterocycles. The first-order valence-electron chi connectivity index (χ1n) is 6.13. The van der Waals surface area contributed by atoms with Crippen molar-refractivity contribution in [3.05, 3.63) is 0 Å². The van der Waals surface area contributed by atoms with Crippen molar-refractivity contribution in [2.75, 3.05) is 40.2 Å². The summed E-state index contributed by atoms with van der Waals surface area (Å²) < 4.78 is 38.8. The Morgan fingerprint density at radius 1 is 0.889 bits per heavy atom. The lowest BCUT2D eigenvalue weighted by atomic mass is 10.9. The van der Waals surface area contributed by atoms with Crippen LogP contribution >= 0.6 is 7.60 Å². The Morgan fingerprint density at radius 3 is 1.56 bits per heavy atom. The van der Waals surface area contributed by atoms with Gasteiger partial charge < -0.3 is 22.3 Å². The van der Waals surface area contributed by atoms with E-state index in [4.69, 9.17) is 22.3 Å². The molecule has 0 radical (unpaired) electrons. The van der Waals surface area contributed by atoms with E-state index in [9.17, 15) is 4.57 Å². The van der Waals surface area contributed by atoms with E-state index in [1.54, 1.807) is 0 Å². The summed E-state index contributed by atoms with van der Waals surface area (Å²) in [7, 11) is -3.08. The van der Waals surface area contributed by atoms with Crippen LogP contribution < -0.4 is 0 Å². The molecule has 0 bridgehead atoms. The van der Waals surface area contributed by atoms with Gasteiger partial charge >= 0.3 is 16.4 Å². The quantitative estimate of drug-likeness (QED) is 0.431. The Hall–Kier alpha value is 0.247. The Labute approximate surface area is 111 Å². The normalized spacial score (nSPS) is 12.9. The van der Waals surface area contributed by atoms with Gasteiger partial charge in [-0.1, -0.05) is 0 Å². The summed E-state index contributed by atoms with van der Waals surface area (Å²) in [5.41, 5.74) is 0. The van der Waals surface area contributed by atoms with Crippen LogP contribution in [0.1, 0.15) is 20.8 Å². The minimum atomic E-state index is -3.05. The monoisotopic (exact) mass is 300 g/mol. The third-order valence-electron chi connectivity index (χ3n) is 2.34. The Kier molecular flexibility index (Phi) is 9.32. The highest BCUT2D eigenvalue weighted by Gasteiger charge is 2.42. The van der Waals surface area contributed by atoms with Crippen LogP contribution in [0.5, 0.6) is 0 Å². The van der Waals surface area contributed by atoms with Gasteiger partial charge in [0.05, 0.1) is 6.16 Å². The molecule has 0 aliphatic rings. The second-order valence-corrected chi connectivity index (χ2v) is 8.56. The molecule has 110 valence electrons. The molecule has 0 aromatic rings. The lowest BCUT2D eigenvalue weighted by Gasteiger charge is -2.29. The number of hydrogen-bond acceptors (Lipinski definition) is 6. The van der Waals surface area contributed by atoms with E-state index >= 15 is 0 Å². The Morgan fingerprint density at radius 2 is 1.28 bits per heavy atom. The van der Waals surface area contributed by atoms with Crippen LogP contribution in [-0.2, 0) is 26.9 Å². The van der Waals surface area contributed by atoms with Crippen LogP contribution in [0.3, 0.4) is 0 Å². The molecule has 18 heavy (non-hydrogen) atoms. The second kappa shape index (κ2) is 9.20. The first kappa shape index (κ1) is 18.2. The fourth-order valence-corrected chi connectivity index (χ4v) is 6.24. The molecule has 0 N–H and O–H groups in total. The van der Waals surface area contributed by atoms with E-state index in [0.717, 1.165) is 0 Å². The van der Waals surface area contributed by atoms with Crippen molar-refractivity contribution in [3.63, 3.8) is 0 Å². The van der Waals surface area contributed by atoms with Crippen LogP contribution in [0.4, 0.5) is 0 Å². The number of hydrogen-bond donors (Lipinski definition) is 0. The van der Waals surface area contributed by atoms with Crippen LogP contribution in [-0.4, -0.2) is 49.0 Å². The van der Waals surface area contributed by atoms with E-state index < -0.39 is 16.4 Å². The standard InChI is InChI=1S/C10H25O6PSi/c1-6-14-18(15-7-2,16-8-3)10-9-17(11,12-4)13-5/h6-10H2,1-5H3. The van der Waals surface area contributed by atoms with Crippen molar-refractivity contribution in [1.29, 1.82) is 0 Å². The lowest BCUT2D eigenvalue weighted by molar-refractivity contribution is 0.0722. The van der Waals surface area contributed by atoms with Crippen molar-refractivity contribution < 1.29 is 26.9 Å². The number of rotatable bonds is 11. The van der Waals surface area contributed by atoms with Crippen LogP contribution in [0, 0.1) is 0 Å². The van der Waals surface area contributed by atoms with E-state index in [0.29, 0.717) is 25.9 Å². The third-order valence-corrected chi connectivity index (χ3v) is 7.69. The van der Waals surface area contributed by atoms with Gasteiger partial charge in [-0.2, -0.15) is 0 Å². The molecule has 0 heterocycles. The maximum absolute atomic E-state index is 12.0. The van der Waals surface area contributed by atoms with Crippen molar-refractivity contribution >= 4 is 16.4 Å². The maximum atomic E-state index is 12.0. The van der Waals surface area contributed by atoms with Gasteiger partial charge in [-0.25, -0.2) is 0 Å². The summed E-state index contributed by atoms with van der Waals surface area (Å²) in [6.45, 7) is 7.13. The molecule has 0 unspecified atom stereocenters. The van der Waals surface area contributed by atoms with E-state index in [1.165, 1.54) is 14.2 Å². The summed E-state index contributed by atoms with van der Waals surface area (Å²) in [6, 6.07) is 0.418. The maximum Gasteiger partial charge on any atom is 0.501 e. The molecule has 0 aromatic carbocycles. The first-order valence-corrected chi connectivity index (χ1v) is 9.79. The zero-order valence-electron chi connectivity index (χ0n) is 11.9. The minimum absolute atomic E-state index is 0.228. The first-order chi connectivity index (χ1) is 8.51. The molecule has 0 rings (SSSR count). The summed E-state index contributed by atoms with van der Waals surface area (Å²) in [4.78, 5) is 0. The molecule has 0 atom stereocenters. The SMILES string of the molecule is CCO[Si](CCP(=O)(OC)OC)(OCC)OCC. The van der Waals surface area contributed by atoms with E-state index in [2.05, 4.69) is 0 Å². The molecule has 0 spiro atoms. The molecule has 0 saturated carbocycles. The van der Waals surface area contributed by atoms with Gasteiger partial charge in [0.25, 0.3) is 0 Å². The molecule has 0 aliphatic heterocycles. The molecule has 0 aromatic heterocycles. The largest absolute Gasteiger partial charge is 0.501 e. The topological polar surface area (TPSA) is 63.2 Å². The Balaban J connectivity index is 4.70. The fourth-order valence-electron chi connectivity index (χ4n) is 1.53. The summed E-state index contributed by atoms with van der Waals surface area (Å²) in [5.74, 6) is 0. The van der Waals surface area contributed by atoms with Gasteiger partial charge in [0.2, 0.25) is 0 Å². The van der Waals surface area contributed by atoms with Gasteiger partial charge in [0.1, 0.15) is 0 Å². The highest BCUT2D eigenvalue weighted by atomic mass is 31.2. The lowest BCUT2D eigenvalue weighted by Crippen LogP contribution is -2.46. The predicted octanol–water partition coefficient (Wildman–Crippen LogP) is 2.52. The smallest absolute Gasteiger partial charge is 0.374 e. The van der Waals surface area contributed by atoms with Crippen LogP contribution in [0.25, 0.3) is 0 Å². The average molecular weight is 300 g/mol. The van der Waals surface area contributed by atoms with Gasteiger partial charge in [-0.3, -0.25) is 4.57 Å². The van der Waals surface area contributed by atoms with Crippen molar-refractivity contribution in [3.8, 4) is 0 Å². The molecule has 0 fully saturated rings. The Bertz CT molecular complexity index is 238. The second-order valence-electron chi connectivity index (χ2n) is 3.43. The summed E-state index contributed by atoms with van der Waals surface area (Å²) in [6.07, 6.45) is 0.228. The highest BCUT2D eigenvalue weighted by Crippen LogP contribution is 2.48. The zero-order valence-corrected chi connectivity index (χ0v) is 13.8. The van der Waals surface area contributed by atoms with Crippen LogP contribution in [0.2, 0.25) is 6.04 Å². The summed E-state index contributed by atoms with van der Waals surface area (Å²) >= 11 is 0. The van der Waals surface area contributed by atoms with Crippen molar-refractivity contribution in [2.45, 2.75) is 26.8 Å². The predicted molar refractivity (Wildman–Crippen MR) is 71.9 cm³/mol. The van der Waals surface area contributed by atoms with Crippen LogP contribution in [0.15, 0.2) is 0 Å². The molecular weight excluding hydrogens is 275 g/mol. The molecule has 0 aliphatic carbocycles. The molecule has 6 nitrogen and oxygen atoms in total. The van der Waals surface area contributed by atoms with Gasteiger partial charge in [-0.05, 0) is 20.8 Å². The summed E-state index contributed by atoms with van der Waals surface area (Å²) in [5, 5.41) is 0.